The highest BCUT2D eigenvalue weighted by Gasteiger charge is 2.12. The Morgan fingerprint density at radius 1 is 1.25 bits per heavy atom. The van der Waals surface area contributed by atoms with Gasteiger partial charge in [0.25, 0.3) is 0 Å². The lowest BCUT2D eigenvalue weighted by Gasteiger charge is -2.18. The fourth-order valence-corrected chi connectivity index (χ4v) is 3.19. The van der Waals surface area contributed by atoms with E-state index in [-0.39, 0.29) is 0 Å². The minimum Gasteiger partial charge on any atom is -0.310 e. The minimum atomic E-state index is 0.360. The minimum absolute atomic E-state index is 0.360. The summed E-state index contributed by atoms with van der Waals surface area (Å²) >= 11 is 1.76. The topological polar surface area (TPSA) is 24.9 Å². The standard InChI is InChI=1S/C17H18N2S/c1-2-18-17(10-13-7-9-20-12-13)15-5-6-16-14(11-15)4-3-8-19-16/h3-9,11-12,17-18H,2,10H2,1H3. The molecule has 1 atom stereocenters. The van der Waals surface area contributed by atoms with E-state index in [1.807, 2.05) is 12.3 Å². The normalized spacial score (nSPS) is 12.7. The summed E-state index contributed by atoms with van der Waals surface area (Å²) in [7, 11) is 0. The number of rotatable bonds is 5. The molecule has 2 heterocycles. The van der Waals surface area contributed by atoms with E-state index in [1.165, 1.54) is 16.5 Å². The van der Waals surface area contributed by atoms with Crippen LogP contribution in [-0.2, 0) is 6.42 Å². The lowest BCUT2D eigenvalue weighted by Crippen LogP contribution is -2.22. The van der Waals surface area contributed by atoms with Gasteiger partial charge in [-0.05, 0) is 59.1 Å². The molecule has 0 amide bonds. The third-order valence-corrected chi connectivity index (χ3v) is 4.23. The SMILES string of the molecule is CCNC(Cc1ccsc1)c1ccc2ncccc2c1. The lowest BCUT2D eigenvalue weighted by atomic mass is 9.99. The van der Waals surface area contributed by atoms with Crippen LogP contribution in [0.1, 0.15) is 24.1 Å². The van der Waals surface area contributed by atoms with Gasteiger partial charge in [-0.15, -0.1) is 0 Å². The predicted octanol–water partition coefficient (Wildman–Crippen LogP) is 4.19. The highest BCUT2D eigenvalue weighted by molar-refractivity contribution is 7.07. The Morgan fingerprint density at radius 3 is 3.00 bits per heavy atom. The van der Waals surface area contributed by atoms with Crippen LogP contribution in [0.3, 0.4) is 0 Å². The van der Waals surface area contributed by atoms with Gasteiger partial charge in [-0.3, -0.25) is 4.98 Å². The van der Waals surface area contributed by atoms with E-state index in [4.69, 9.17) is 0 Å². The summed E-state index contributed by atoms with van der Waals surface area (Å²) < 4.78 is 0. The molecule has 1 aromatic carbocycles. The molecule has 1 N–H and O–H groups in total. The van der Waals surface area contributed by atoms with Crippen molar-refractivity contribution in [3.8, 4) is 0 Å². The zero-order chi connectivity index (χ0) is 13.8. The molecule has 0 radical (unpaired) electrons. The van der Waals surface area contributed by atoms with Crippen LogP contribution in [0.5, 0.6) is 0 Å². The van der Waals surface area contributed by atoms with Gasteiger partial charge < -0.3 is 5.32 Å². The number of benzene rings is 1. The maximum absolute atomic E-state index is 4.38. The second kappa shape index (κ2) is 6.16. The number of thiophene rings is 1. The third-order valence-electron chi connectivity index (χ3n) is 3.50. The van der Waals surface area contributed by atoms with Crippen LogP contribution >= 0.6 is 11.3 Å². The van der Waals surface area contributed by atoms with Gasteiger partial charge in [0.15, 0.2) is 0 Å². The number of nitrogens with one attached hydrogen (secondary N) is 1. The summed E-state index contributed by atoms with van der Waals surface area (Å²) in [5, 5.41) is 9.16. The maximum Gasteiger partial charge on any atom is 0.0702 e. The van der Waals surface area contributed by atoms with E-state index in [2.05, 4.69) is 58.3 Å². The first-order chi connectivity index (χ1) is 9.86. The quantitative estimate of drug-likeness (QED) is 0.759. The molecular formula is C17H18N2S. The van der Waals surface area contributed by atoms with Gasteiger partial charge in [0, 0.05) is 17.6 Å². The summed E-state index contributed by atoms with van der Waals surface area (Å²) in [6.45, 7) is 3.13. The first-order valence-corrected chi connectivity index (χ1v) is 7.90. The van der Waals surface area contributed by atoms with E-state index in [0.29, 0.717) is 6.04 Å². The molecule has 0 aliphatic rings. The molecule has 3 rings (SSSR count). The molecule has 0 saturated carbocycles. The van der Waals surface area contributed by atoms with E-state index >= 15 is 0 Å². The van der Waals surface area contributed by atoms with Gasteiger partial charge in [-0.25, -0.2) is 0 Å². The number of hydrogen-bond acceptors (Lipinski definition) is 3. The molecule has 102 valence electrons. The van der Waals surface area contributed by atoms with Crippen LogP contribution in [0.2, 0.25) is 0 Å². The fourth-order valence-electron chi connectivity index (χ4n) is 2.51. The number of aromatic nitrogens is 1. The number of hydrogen-bond donors (Lipinski definition) is 1. The van der Waals surface area contributed by atoms with Crippen molar-refractivity contribution < 1.29 is 0 Å². The summed E-state index contributed by atoms with van der Waals surface area (Å²) in [6.07, 6.45) is 2.87. The van der Waals surface area contributed by atoms with E-state index in [0.717, 1.165) is 18.5 Å². The second-order valence-electron chi connectivity index (χ2n) is 4.90. The predicted molar refractivity (Wildman–Crippen MR) is 86.2 cm³/mol. The first kappa shape index (κ1) is 13.3. The third kappa shape index (κ3) is 2.89. The van der Waals surface area contributed by atoms with Crippen molar-refractivity contribution in [1.82, 2.24) is 10.3 Å². The summed E-state index contributed by atoms with van der Waals surface area (Å²) in [5.74, 6) is 0. The van der Waals surface area contributed by atoms with Crippen molar-refractivity contribution >= 4 is 22.2 Å². The molecule has 20 heavy (non-hydrogen) atoms. The molecule has 0 bridgehead atoms. The highest BCUT2D eigenvalue weighted by Crippen LogP contribution is 2.23. The molecule has 0 saturated heterocycles. The zero-order valence-electron chi connectivity index (χ0n) is 11.5. The van der Waals surface area contributed by atoms with Crippen LogP contribution in [0.4, 0.5) is 0 Å². The Balaban J connectivity index is 1.91. The van der Waals surface area contributed by atoms with Gasteiger partial charge >= 0.3 is 0 Å². The summed E-state index contributed by atoms with van der Waals surface area (Å²) in [4.78, 5) is 4.38. The monoisotopic (exact) mass is 282 g/mol. The van der Waals surface area contributed by atoms with Gasteiger partial charge in [0.1, 0.15) is 0 Å². The van der Waals surface area contributed by atoms with Crippen LogP contribution in [0.15, 0.2) is 53.4 Å². The maximum atomic E-state index is 4.38. The molecule has 1 unspecified atom stereocenters. The van der Waals surface area contributed by atoms with Crippen molar-refractivity contribution in [1.29, 1.82) is 0 Å². The van der Waals surface area contributed by atoms with Crippen LogP contribution in [-0.4, -0.2) is 11.5 Å². The van der Waals surface area contributed by atoms with Crippen molar-refractivity contribution in [3.63, 3.8) is 0 Å². The molecule has 0 spiro atoms. The molecule has 0 aliphatic carbocycles. The van der Waals surface area contributed by atoms with E-state index in [9.17, 15) is 0 Å². The van der Waals surface area contributed by atoms with Crippen LogP contribution in [0, 0.1) is 0 Å². The second-order valence-corrected chi connectivity index (χ2v) is 5.68. The van der Waals surface area contributed by atoms with Crippen molar-refractivity contribution in [3.05, 3.63) is 64.5 Å². The molecule has 3 aromatic rings. The van der Waals surface area contributed by atoms with Gasteiger partial charge in [-0.1, -0.05) is 19.1 Å². The van der Waals surface area contributed by atoms with Crippen LogP contribution < -0.4 is 5.32 Å². The first-order valence-electron chi connectivity index (χ1n) is 6.96. The number of pyridine rings is 1. The molecule has 0 aliphatic heterocycles. The fraction of sp³-hybridized carbons (Fsp3) is 0.235. The van der Waals surface area contributed by atoms with E-state index < -0.39 is 0 Å². The van der Waals surface area contributed by atoms with Crippen molar-refractivity contribution in [2.45, 2.75) is 19.4 Å². The van der Waals surface area contributed by atoms with Gasteiger partial charge in [0.05, 0.1) is 5.52 Å². The zero-order valence-corrected chi connectivity index (χ0v) is 12.4. The van der Waals surface area contributed by atoms with Gasteiger partial charge in [-0.2, -0.15) is 11.3 Å². The Labute approximate surface area is 123 Å². The van der Waals surface area contributed by atoms with Crippen molar-refractivity contribution in [2.24, 2.45) is 0 Å². The average molecular weight is 282 g/mol. The lowest BCUT2D eigenvalue weighted by molar-refractivity contribution is 0.551. The molecule has 3 heteroatoms. The smallest absolute Gasteiger partial charge is 0.0702 e. The van der Waals surface area contributed by atoms with Gasteiger partial charge in [0.2, 0.25) is 0 Å². The van der Waals surface area contributed by atoms with Crippen LogP contribution in [0.25, 0.3) is 10.9 Å². The Bertz CT molecular complexity index is 676. The van der Waals surface area contributed by atoms with E-state index in [1.54, 1.807) is 11.3 Å². The number of likely N-dealkylation sites (N-methyl/N-ethyl adjacent to an activating group) is 1. The largest absolute Gasteiger partial charge is 0.310 e. The number of fused-ring (bicyclic) bond motifs is 1. The summed E-state index contributed by atoms with van der Waals surface area (Å²) in [5.41, 5.74) is 3.79. The Hall–Kier alpha value is -1.71. The Morgan fingerprint density at radius 2 is 2.20 bits per heavy atom. The van der Waals surface area contributed by atoms with Crippen molar-refractivity contribution in [2.75, 3.05) is 6.54 Å². The Kier molecular flexibility index (Phi) is 4.09. The molecule has 0 fully saturated rings. The molecule has 2 aromatic heterocycles. The average Bonchev–Trinajstić information content (AvgIpc) is 2.99. The molecular weight excluding hydrogens is 264 g/mol. The molecule has 2 nitrogen and oxygen atoms in total. The highest BCUT2D eigenvalue weighted by atomic mass is 32.1. The summed E-state index contributed by atoms with van der Waals surface area (Å²) in [6, 6.07) is 13.2. The number of nitrogens with zero attached hydrogens (tertiary/aromatic N) is 1.